The van der Waals surface area contributed by atoms with E-state index in [1.165, 1.54) is 6.42 Å². The summed E-state index contributed by atoms with van der Waals surface area (Å²) in [5, 5.41) is 9.53. The number of allylic oxidation sites excluding steroid dienone is 2. The zero-order valence-corrected chi connectivity index (χ0v) is 7.30. The molecule has 0 saturated carbocycles. The smallest absolute Gasteiger partial charge is 0.239 e. The molecule has 0 aromatic rings. The second-order valence-corrected chi connectivity index (χ2v) is 3.62. The third-order valence-electron chi connectivity index (χ3n) is 2.23. The van der Waals surface area contributed by atoms with Crippen LogP contribution >= 0.6 is 0 Å². The average Bonchev–Trinajstić information content (AvgIpc) is 2.02. The highest BCUT2D eigenvalue weighted by Gasteiger charge is 2.32. The molecule has 2 aliphatic rings. The second kappa shape index (κ2) is 2.66. The summed E-state index contributed by atoms with van der Waals surface area (Å²) in [6.45, 7) is 1.89. The van der Waals surface area contributed by atoms with Crippen LogP contribution in [0.15, 0.2) is 11.5 Å². The van der Waals surface area contributed by atoms with Crippen molar-refractivity contribution < 1.29 is 14.6 Å². The quantitative estimate of drug-likeness (QED) is 0.599. The van der Waals surface area contributed by atoms with Gasteiger partial charge in [-0.05, 0) is 12.8 Å². The lowest BCUT2D eigenvalue weighted by atomic mass is 10.0. The Hall–Kier alpha value is -0.700. The Bertz CT molecular complexity index is 218. The summed E-state index contributed by atoms with van der Waals surface area (Å²) < 4.78 is 10.8. The van der Waals surface area contributed by atoms with Gasteiger partial charge in [-0.3, -0.25) is 0 Å². The third kappa shape index (κ3) is 1.41. The average molecular weight is 170 g/mol. The van der Waals surface area contributed by atoms with Crippen LogP contribution in [0.25, 0.3) is 0 Å². The van der Waals surface area contributed by atoms with Crippen molar-refractivity contribution in [1.82, 2.24) is 0 Å². The molecule has 12 heavy (non-hydrogen) atoms. The molecule has 0 radical (unpaired) electrons. The van der Waals surface area contributed by atoms with Gasteiger partial charge in [0.15, 0.2) is 6.61 Å². The fourth-order valence-corrected chi connectivity index (χ4v) is 1.63. The van der Waals surface area contributed by atoms with Crippen LogP contribution in [0.5, 0.6) is 0 Å². The summed E-state index contributed by atoms with van der Waals surface area (Å²) in [6, 6.07) is 0. The molecule has 3 nitrogen and oxygen atoms in total. The molecule has 1 aliphatic carbocycles. The van der Waals surface area contributed by atoms with E-state index in [0.29, 0.717) is 0 Å². The van der Waals surface area contributed by atoms with Gasteiger partial charge < -0.3 is 14.6 Å². The predicted molar refractivity (Wildman–Crippen MR) is 43.2 cm³/mol. The van der Waals surface area contributed by atoms with E-state index in [9.17, 15) is 5.11 Å². The first-order valence-electron chi connectivity index (χ1n) is 4.44. The molecule has 2 rings (SSSR count). The van der Waals surface area contributed by atoms with Crippen LogP contribution in [0.3, 0.4) is 0 Å². The van der Waals surface area contributed by atoms with Crippen LogP contribution in [0.2, 0.25) is 0 Å². The molecular weight excluding hydrogens is 156 g/mol. The lowest BCUT2D eigenvalue weighted by molar-refractivity contribution is -0.215. The zero-order chi connectivity index (χ0) is 8.60. The topological polar surface area (TPSA) is 38.7 Å². The van der Waals surface area contributed by atoms with Crippen molar-refractivity contribution in [3.05, 3.63) is 11.5 Å². The highest BCUT2D eigenvalue weighted by molar-refractivity contribution is 5.08. The summed E-state index contributed by atoms with van der Waals surface area (Å²) in [5.41, 5.74) is 0. The molecule has 0 unspecified atom stereocenters. The number of hydrogen-bond donors (Lipinski definition) is 1. The number of aliphatic hydroxyl groups is 1. The molecule has 3 heteroatoms. The molecule has 0 bridgehead atoms. The van der Waals surface area contributed by atoms with E-state index in [1.807, 2.05) is 0 Å². The van der Waals surface area contributed by atoms with E-state index in [2.05, 4.69) is 0 Å². The van der Waals surface area contributed by atoms with E-state index >= 15 is 0 Å². The number of rotatable bonds is 0. The van der Waals surface area contributed by atoms with Crippen molar-refractivity contribution in [3.8, 4) is 0 Å². The van der Waals surface area contributed by atoms with E-state index < -0.39 is 5.79 Å². The minimum atomic E-state index is -1.11. The SMILES string of the molecule is C[C@@]1(O)COC2=C(CCCC2)O1. The molecule has 0 saturated heterocycles. The monoisotopic (exact) mass is 170 g/mol. The van der Waals surface area contributed by atoms with Gasteiger partial charge in [0.1, 0.15) is 11.5 Å². The molecule has 0 spiro atoms. The van der Waals surface area contributed by atoms with Crippen molar-refractivity contribution >= 4 is 0 Å². The zero-order valence-electron chi connectivity index (χ0n) is 7.30. The van der Waals surface area contributed by atoms with Crippen molar-refractivity contribution in [1.29, 1.82) is 0 Å². The Kier molecular flexibility index (Phi) is 1.76. The molecule has 1 aliphatic heterocycles. The van der Waals surface area contributed by atoms with Gasteiger partial charge in [-0.1, -0.05) is 0 Å². The summed E-state index contributed by atoms with van der Waals surface area (Å²) in [7, 11) is 0. The fraction of sp³-hybridized carbons (Fsp3) is 0.778. The van der Waals surface area contributed by atoms with Crippen molar-refractivity contribution in [2.45, 2.75) is 38.4 Å². The fourth-order valence-electron chi connectivity index (χ4n) is 1.63. The van der Waals surface area contributed by atoms with Gasteiger partial charge in [-0.2, -0.15) is 0 Å². The molecular formula is C9H14O3. The van der Waals surface area contributed by atoms with Crippen LogP contribution in [-0.4, -0.2) is 17.5 Å². The molecule has 1 N–H and O–H groups in total. The normalized spacial score (nSPS) is 35.2. The molecule has 0 aromatic carbocycles. The second-order valence-electron chi connectivity index (χ2n) is 3.62. The van der Waals surface area contributed by atoms with Gasteiger partial charge in [0.25, 0.3) is 0 Å². The first kappa shape index (κ1) is 7.92. The van der Waals surface area contributed by atoms with Gasteiger partial charge in [0, 0.05) is 19.8 Å². The summed E-state index contributed by atoms with van der Waals surface area (Å²) >= 11 is 0. The van der Waals surface area contributed by atoms with Gasteiger partial charge >= 0.3 is 0 Å². The van der Waals surface area contributed by atoms with Crippen molar-refractivity contribution in [3.63, 3.8) is 0 Å². The number of hydrogen-bond acceptors (Lipinski definition) is 3. The Morgan fingerprint density at radius 3 is 2.67 bits per heavy atom. The van der Waals surface area contributed by atoms with Crippen molar-refractivity contribution in [2.75, 3.05) is 6.61 Å². The lowest BCUT2D eigenvalue weighted by Crippen LogP contribution is -2.38. The molecule has 1 heterocycles. The summed E-state index contributed by atoms with van der Waals surface area (Å²) in [5.74, 6) is 0.696. The van der Waals surface area contributed by atoms with Crippen LogP contribution in [0.4, 0.5) is 0 Å². The van der Waals surface area contributed by atoms with E-state index in [1.54, 1.807) is 6.92 Å². The van der Waals surface area contributed by atoms with Crippen LogP contribution in [0, 0.1) is 0 Å². The predicted octanol–water partition coefficient (Wildman–Crippen LogP) is 1.53. The number of ether oxygens (including phenoxy) is 2. The van der Waals surface area contributed by atoms with Crippen LogP contribution in [0.1, 0.15) is 32.6 Å². The van der Waals surface area contributed by atoms with E-state index in [0.717, 1.165) is 30.8 Å². The first-order chi connectivity index (χ1) is 5.67. The van der Waals surface area contributed by atoms with E-state index in [4.69, 9.17) is 9.47 Å². The Morgan fingerprint density at radius 1 is 1.25 bits per heavy atom. The van der Waals surface area contributed by atoms with Crippen LogP contribution < -0.4 is 0 Å². The maximum absolute atomic E-state index is 9.53. The van der Waals surface area contributed by atoms with Gasteiger partial charge in [0.05, 0.1) is 0 Å². The van der Waals surface area contributed by atoms with Gasteiger partial charge in [-0.15, -0.1) is 0 Å². The van der Waals surface area contributed by atoms with Gasteiger partial charge in [-0.25, -0.2) is 0 Å². The molecule has 0 fully saturated rings. The van der Waals surface area contributed by atoms with Crippen LogP contribution in [-0.2, 0) is 9.47 Å². The summed E-state index contributed by atoms with van der Waals surface area (Å²) in [4.78, 5) is 0. The van der Waals surface area contributed by atoms with Crippen molar-refractivity contribution in [2.24, 2.45) is 0 Å². The lowest BCUT2D eigenvalue weighted by Gasteiger charge is -2.34. The minimum Gasteiger partial charge on any atom is -0.488 e. The maximum atomic E-state index is 9.53. The third-order valence-corrected chi connectivity index (χ3v) is 2.23. The largest absolute Gasteiger partial charge is 0.488 e. The molecule has 0 amide bonds. The highest BCUT2D eigenvalue weighted by atomic mass is 16.7. The standard InChI is InChI=1S/C9H14O3/c1-9(10)6-11-7-4-2-3-5-8(7)12-9/h10H,2-6H2,1H3/t9-/m0/s1. The summed E-state index contributed by atoms with van der Waals surface area (Å²) in [6.07, 6.45) is 4.18. The maximum Gasteiger partial charge on any atom is 0.239 e. The molecule has 0 aromatic heterocycles. The minimum absolute atomic E-state index is 0.256. The van der Waals surface area contributed by atoms with E-state index in [-0.39, 0.29) is 6.61 Å². The molecule has 68 valence electrons. The van der Waals surface area contributed by atoms with Gasteiger partial charge in [0.2, 0.25) is 5.79 Å². The Morgan fingerprint density at radius 2 is 1.92 bits per heavy atom. The molecule has 1 atom stereocenters. The Balaban J connectivity index is 2.16. The Labute approximate surface area is 72.0 Å². The highest BCUT2D eigenvalue weighted by Crippen LogP contribution is 2.33. The first-order valence-corrected chi connectivity index (χ1v) is 4.44.